The molecule has 5 nitrogen and oxygen atoms in total. The molecule has 3 aromatic rings. The van der Waals surface area contributed by atoms with Crippen molar-refractivity contribution in [3.63, 3.8) is 0 Å². The van der Waals surface area contributed by atoms with Crippen molar-refractivity contribution in [2.75, 3.05) is 15.8 Å². The van der Waals surface area contributed by atoms with Gasteiger partial charge < -0.3 is 5.32 Å². The van der Waals surface area contributed by atoms with Crippen LogP contribution in [0.3, 0.4) is 0 Å². The van der Waals surface area contributed by atoms with E-state index in [1.54, 1.807) is 36.4 Å². The van der Waals surface area contributed by atoms with Crippen LogP contribution >= 0.6 is 23.4 Å². The molecule has 0 aliphatic carbocycles. The highest BCUT2D eigenvalue weighted by atomic mass is 35.5. The van der Waals surface area contributed by atoms with Crippen LogP contribution in [-0.2, 0) is 20.6 Å². The van der Waals surface area contributed by atoms with E-state index in [1.807, 2.05) is 30.3 Å². The Bertz CT molecular complexity index is 1070. The Morgan fingerprint density at radius 3 is 2.21 bits per heavy atom. The minimum atomic E-state index is -3.69. The fourth-order valence-electron chi connectivity index (χ4n) is 2.50. The highest BCUT2D eigenvalue weighted by Gasteiger charge is 2.14. The third kappa shape index (κ3) is 6.25. The van der Waals surface area contributed by atoms with Crippen molar-refractivity contribution in [1.82, 2.24) is 0 Å². The van der Waals surface area contributed by atoms with E-state index in [2.05, 4.69) is 10.0 Å². The SMILES string of the molecule is O=C(CSCc1ccccc1Cl)Nc1ccc(S(=O)(=O)Nc2ccccc2)cc1. The van der Waals surface area contributed by atoms with Crippen LogP contribution in [-0.4, -0.2) is 20.1 Å². The fourth-order valence-corrected chi connectivity index (χ4v) is 4.68. The van der Waals surface area contributed by atoms with Gasteiger partial charge in [0.05, 0.1) is 10.6 Å². The zero-order valence-corrected chi connectivity index (χ0v) is 17.7. The number of carbonyl (C=O) groups excluding carboxylic acids is 1. The highest BCUT2D eigenvalue weighted by molar-refractivity contribution is 7.99. The van der Waals surface area contributed by atoms with Gasteiger partial charge in [0.2, 0.25) is 5.91 Å². The van der Waals surface area contributed by atoms with E-state index >= 15 is 0 Å². The molecule has 0 saturated carbocycles. The Morgan fingerprint density at radius 2 is 1.52 bits per heavy atom. The van der Waals surface area contributed by atoms with Crippen LogP contribution in [0, 0.1) is 0 Å². The van der Waals surface area contributed by atoms with E-state index in [1.165, 1.54) is 23.9 Å². The summed E-state index contributed by atoms with van der Waals surface area (Å²) in [7, 11) is -3.69. The van der Waals surface area contributed by atoms with Crippen LogP contribution in [0.5, 0.6) is 0 Å². The van der Waals surface area contributed by atoms with E-state index < -0.39 is 10.0 Å². The second kappa shape index (κ2) is 9.82. The lowest BCUT2D eigenvalue weighted by Gasteiger charge is -2.09. The molecule has 0 fully saturated rings. The molecule has 8 heteroatoms. The van der Waals surface area contributed by atoms with E-state index in [4.69, 9.17) is 11.6 Å². The molecule has 0 aliphatic rings. The van der Waals surface area contributed by atoms with Crippen molar-refractivity contribution < 1.29 is 13.2 Å². The van der Waals surface area contributed by atoms with Crippen molar-refractivity contribution in [3.05, 3.63) is 89.4 Å². The molecule has 2 N–H and O–H groups in total. The highest BCUT2D eigenvalue weighted by Crippen LogP contribution is 2.21. The summed E-state index contributed by atoms with van der Waals surface area (Å²) in [6, 6.07) is 22.2. The monoisotopic (exact) mass is 446 g/mol. The van der Waals surface area contributed by atoms with E-state index in [-0.39, 0.29) is 16.6 Å². The number of para-hydroxylation sites is 1. The summed E-state index contributed by atoms with van der Waals surface area (Å²) in [5.41, 5.74) is 2.00. The number of thioether (sulfide) groups is 1. The van der Waals surface area contributed by atoms with Gasteiger partial charge in [-0.15, -0.1) is 11.8 Å². The number of anilines is 2. The van der Waals surface area contributed by atoms with Gasteiger partial charge in [0.25, 0.3) is 10.0 Å². The van der Waals surface area contributed by atoms with Crippen molar-refractivity contribution in [3.8, 4) is 0 Å². The summed E-state index contributed by atoms with van der Waals surface area (Å²) in [4.78, 5) is 12.2. The van der Waals surface area contributed by atoms with Gasteiger partial charge in [0.15, 0.2) is 0 Å². The van der Waals surface area contributed by atoms with E-state index in [9.17, 15) is 13.2 Å². The van der Waals surface area contributed by atoms with Gasteiger partial charge in [-0.25, -0.2) is 8.42 Å². The molecule has 0 radical (unpaired) electrons. The van der Waals surface area contributed by atoms with Gasteiger partial charge in [-0.2, -0.15) is 0 Å². The average molecular weight is 447 g/mol. The summed E-state index contributed by atoms with van der Waals surface area (Å²) in [5, 5.41) is 3.44. The van der Waals surface area contributed by atoms with E-state index in [0.29, 0.717) is 22.2 Å². The van der Waals surface area contributed by atoms with Crippen molar-refractivity contribution in [2.24, 2.45) is 0 Å². The third-order valence-corrected chi connectivity index (χ3v) is 6.67. The molecule has 0 bridgehead atoms. The number of rotatable bonds is 8. The number of carbonyl (C=O) groups is 1. The molecule has 0 heterocycles. The predicted molar refractivity (Wildman–Crippen MR) is 120 cm³/mol. The predicted octanol–water partition coefficient (Wildman–Crippen LogP) is 5.01. The summed E-state index contributed by atoms with van der Waals surface area (Å²) in [6.45, 7) is 0. The summed E-state index contributed by atoms with van der Waals surface area (Å²) in [5.74, 6) is 0.732. The lowest BCUT2D eigenvalue weighted by atomic mass is 10.2. The normalized spacial score (nSPS) is 11.1. The molecular weight excluding hydrogens is 428 g/mol. The first-order chi connectivity index (χ1) is 13.9. The molecule has 0 saturated heterocycles. The topological polar surface area (TPSA) is 75.3 Å². The summed E-state index contributed by atoms with van der Waals surface area (Å²) >= 11 is 7.56. The van der Waals surface area contributed by atoms with Gasteiger partial charge in [0.1, 0.15) is 0 Å². The largest absolute Gasteiger partial charge is 0.325 e. The number of hydrogen-bond donors (Lipinski definition) is 2. The van der Waals surface area contributed by atoms with Crippen molar-refractivity contribution in [1.29, 1.82) is 0 Å². The Kier molecular flexibility index (Phi) is 7.19. The van der Waals surface area contributed by atoms with Gasteiger partial charge in [-0.1, -0.05) is 48.0 Å². The lowest BCUT2D eigenvalue weighted by Crippen LogP contribution is -2.15. The number of nitrogens with one attached hydrogen (secondary N) is 2. The minimum Gasteiger partial charge on any atom is -0.325 e. The zero-order valence-electron chi connectivity index (χ0n) is 15.3. The first-order valence-corrected chi connectivity index (χ1v) is 11.7. The van der Waals surface area contributed by atoms with Gasteiger partial charge in [0, 0.05) is 22.2 Å². The Morgan fingerprint density at radius 1 is 0.862 bits per heavy atom. The van der Waals surface area contributed by atoms with Crippen LogP contribution in [0.2, 0.25) is 5.02 Å². The minimum absolute atomic E-state index is 0.118. The average Bonchev–Trinajstić information content (AvgIpc) is 2.70. The first kappa shape index (κ1) is 21.2. The maximum atomic E-state index is 12.4. The van der Waals surface area contributed by atoms with Crippen LogP contribution < -0.4 is 10.0 Å². The lowest BCUT2D eigenvalue weighted by molar-refractivity contribution is -0.113. The number of hydrogen-bond acceptors (Lipinski definition) is 4. The first-order valence-electron chi connectivity index (χ1n) is 8.73. The quantitative estimate of drug-likeness (QED) is 0.509. The molecule has 0 unspecified atom stereocenters. The second-order valence-electron chi connectivity index (χ2n) is 6.13. The summed E-state index contributed by atoms with van der Waals surface area (Å²) < 4.78 is 27.4. The maximum Gasteiger partial charge on any atom is 0.261 e. The molecule has 0 spiro atoms. The molecule has 3 aromatic carbocycles. The number of amides is 1. The van der Waals surface area contributed by atoms with Crippen LogP contribution in [0.4, 0.5) is 11.4 Å². The number of benzene rings is 3. The van der Waals surface area contributed by atoms with E-state index in [0.717, 1.165) is 5.56 Å². The van der Waals surface area contributed by atoms with Gasteiger partial charge in [-0.05, 0) is 48.0 Å². The molecule has 0 aliphatic heterocycles. The maximum absolute atomic E-state index is 12.4. The van der Waals surface area contributed by atoms with Crippen molar-refractivity contribution in [2.45, 2.75) is 10.6 Å². The molecule has 0 atom stereocenters. The molecule has 0 aromatic heterocycles. The van der Waals surface area contributed by atoms with Crippen LogP contribution in [0.25, 0.3) is 0 Å². The molecule has 150 valence electrons. The van der Waals surface area contributed by atoms with Gasteiger partial charge >= 0.3 is 0 Å². The summed E-state index contributed by atoms with van der Waals surface area (Å²) in [6.07, 6.45) is 0. The standard InChI is InChI=1S/C21H19ClN2O3S2/c22-20-9-5-4-6-16(20)14-28-15-21(25)23-17-10-12-19(13-11-17)29(26,27)24-18-7-2-1-3-8-18/h1-13,24H,14-15H2,(H,23,25). The Balaban J connectivity index is 1.53. The molecular formula is C21H19ClN2O3S2. The van der Waals surface area contributed by atoms with Crippen LogP contribution in [0.1, 0.15) is 5.56 Å². The molecule has 29 heavy (non-hydrogen) atoms. The zero-order chi connectivity index (χ0) is 20.7. The second-order valence-corrected chi connectivity index (χ2v) is 9.20. The molecule has 1 amide bonds. The van der Waals surface area contributed by atoms with Crippen LogP contribution in [0.15, 0.2) is 83.8 Å². The smallest absolute Gasteiger partial charge is 0.261 e. The number of sulfonamides is 1. The van der Waals surface area contributed by atoms with Crippen molar-refractivity contribution >= 4 is 50.7 Å². The fraction of sp³-hybridized carbons (Fsp3) is 0.0952. The number of halogens is 1. The van der Waals surface area contributed by atoms with Gasteiger partial charge in [-0.3, -0.25) is 9.52 Å². The Labute approximate surface area is 179 Å². The molecule has 3 rings (SSSR count). The Hall–Kier alpha value is -2.48. The third-order valence-electron chi connectivity index (χ3n) is 3.92.